The first-order chi connectivity index (χ1) is 13.0. The van der Waals surface area contributed by atoms with Crippen LogP contribution in [0.15, 0.2) is 12.1 Å². The highest BCUT2D eigenvalue weighted by molar-refractivity contribution is 6.10. The largest absolute Gasteiger partial charge is 0.379 e. The smallest absolute Gasteiger partial charge is 0.249 e. The van der Waals surface area contributed by atoms with Crippen molar-refractivity contribution >= 4 is 17.5 Å². The van der Waals surface area contributed by atoms with E-state index in [1.165, 1.54) is 0 Å². The predicted octanol–water partition coefficient (Wildman–Crippen LogP) is 0.394. The van der Waals surface area contributed by atoms with Gasteiger partial charge in [-0.1, -0.05) is 6.07 Å². The van der Waals surface area contributed by atoms with Gasteiger partial charge in [0.2, 0.25) is 11.8 Å². The van der Waals surface area contributed by atoms with E-state index in [1.807, 2.05) is 17.9 Å². The van der Waals surface area contributed by atoms with Crippen LogP contribution in [0, 0.1) is 6.92 Å². The van der Waals surface area contributed by atoms with Gasteiger partial charge in [0, 0.05) is 31.7 Å². The van der Waals surface area contributed by atoms with Crippen molar-refractivity contribution in [2.45, 2.75) is 25.2 Å². The molecule has 3 heterocycles. The molecule has 3 aliphatic rings. The van der Waals surface area contributed by atoms with Crippen LogP contribution in [-0.4, -0.2) is 69.2 Å². The standard InChI is InChI=1S/C20H28N4O3/c1-14-15(18(21)25)2-3-16-17(14)24(9-8-23-10-12-27-13-11-23)19(26)20(16)4-6-22-7-5-20/h2-3,22H,4-13H2,1H3,(H2,21,25). The van der Waals surface area contributed by atoms with Gasteiger partial charge in [0.15, 0.2) is 0 Å². The molecule has 7 nitrogen and oxygen atoms in total. The minimum Gasteiger partial charge on any atom is -0.379 e. The molecule has 3 aliphatic heterocycles. The minimum absolute atomic E-state index is 0.178. The number of primary amides is 1. The molecule has 3 N–H and O–H groups in total. The molecule has 0 unspecified atom stereocenters. The number of benzene rings is 1. The van der Waals surface area contributed by atoms with E-state index in [4.69, 9.17) is 10.5 Å². The topological polar surface area (TPSA) is 87.9 Å². The van der Waals surface area contributed by atoms with Crippen molar-refractivity contribution < 1.29 is 14.3 Å². The summed E-state index contributed by atoms with van der Waals surface area (Å²) >= 11 is 0. The van der Waals surface area contributed by atoms with Gasteiger partial charge >= 0.3 is 0 Å². The third-order valence-corrected chi connectivity index (χ3v) is 6.34. The van der Waals surface area contributed by atoms with E-state index >= 15 is 0 Å². The Labute approximate surface area is 159 Å². The number of ether oxygens (including phenoxy) is 1. The van der Waals surface area contributed by atoms with Crippen LogP contribution in [0.4, 0.5) is 5.69 Å². The fraction of sp³-hybridized carbons (Fsp3) is 0.600. The molecule has 146 valence electrons. The van der Waals surface area contributed by atoms with Gasteiger partial charge in [-0.15, -0.1) is 0 Å². The first kappa shape index (κ1) is 18.4. The highest BCUT2D eigenvalue weighted by Crippen LogP contribution is 2.49. The molecule has 0 saturated carbocycles. The number of rotatable bonds is 4. The van der Waals surface area contributed by atoms with Crippen LogP contribution in [-0.2, 0) is 14.9 Å². The first-order valence-electron chi connectivity index (χ1n) is 9.81. The van der Waals surface area contributed by atoms with Crippen molar-refractivity contribution in [2.24, 2.45) is 5.73 Å². The van der Waals surface area contributed by atoms with Crippen molar-refractivity contribution in [2.75, 3.05) is 57.4 Å². The lowest BCUT2D eigenvalue weighted by Gasteiger charge is -2.33. The van der Waals surface area contributed by atoms with Crippen LogP contribution in [0.3, 0.4) is 0 Å². The fourth-order valence-electron chi connectivity index (χ4n) is 4.79. The molecule has 0 aliphatic carbocycles. The number of fused-ring (bicyclic) bond motifs is 2. The maximum Gasteiger partial charge on any atom is 0.249 e. The lowest BCUT2D eigenvalue weighted by molar-refractivity contribution is -0.124. The summed E-state index contributed by atoms with van der Waals surface area (Å²) in [7, 11) is 0. The number of carbonyl (C=O) groups excluding carboxylic acids is 2. The van der Waals surface area contributed by atoms with Gasteiger partial charge in [0.1, 0.15) is 0 Å². The van der Waals surface area contributed by atoms with Crippen molar-refractivity contribution in [3.8, 4) is 0 Å². The molecule has 0 bridgehead atoms. The molecule has 0 aromatic heterocycles. The molecular weight excluding hydrogens is 344 g/mol. The monoisotopic (exact) mass is 372 g/mol. The van der Waals surface area contributed by atoms with E-state index in [-0.39, 0.29) is 5.91 Å². The summed E-state index contributed by atoms with van der Waals surface area (Å²) in [5.41, 5.74) is 8.41. The van der Waals surface area contributed by atoms with Crippen molar-refractivity contribution in [3.05, 3.63) is 28.8 Å². The molecule has 1 aromatic carbocycles. The number of nitrogens with one attached hydrogen (secondary N) is 1. The number of hydrogen-bond donors (Lipinski definition) is 2. The molecule has 2 fully saturated rings. The average molecular weight is 372 g/mol. The zero-order valence-electron chi connectivity index (χ0n) is 15.9. The molecule has 4 rings (SSSR count). The molecule has 2 amide bonds. The summed E-state index contributed by atoms with van der Waals surface area (Å²) in [5, 5.41) is 3.36. The van der Waals surface area contributed by atoms with E-state index in [0.29, 0.717) is 12.1 Å². The zero-order valence-corrected chi connectivity index (χ0v) is 15.9. The number of piperidine rings is 1. The molecule has 0 atom stereocenters. The molecular formula is C20H28N4O3. The van der Waals surface area contributed by atoms with E-state index in [9.17, 15) is 9.59 Å². The second kappa shape index (κ2) is 7.22. The molecule has 7 heteroatoms. The SMILES string of the molecule is Cc1c(C(N)=O)ccc2c1N(CCN1CCOCC1)C(=O)C21CCNCC1. The maximum absolute atomic E-state index is 13.6. The molecule has 1 aromatic rings. The quantitative estimate of drug-likeness (QED) is 0.799. The number of carbonyl (C=O) groups is 2. The zero-order chi connectivity index (χ0) is 19.0. The highest BCUT2D eigenvalue weighted by Gasteiger charge is 2.51. The fourth-order valence-corrected chi connectivity index (χ4v) is 4.79. The molecule has 1 spiro atoms. The predicted molar refractivity (Wildman–Crippen MR) is 103 cm³/mol. The van der Waals surface area contributed by atoms with Gasteiger partial charge in [-0.05, 0) is 50.0 Å². The van der Waals surface area contributed by atoms with Gasteiger partial charge < -0.3 is 20.7 Å². The van der Waals surface area contributed by atoms with Gasteiger partial charge in [0.25, 0.3) is 0 Å². The Morgan fingerprint density at radius 3 is 2.59 bits per heavy atom. The highest BCUT2D eigenvalue weighted by atomic mass is 16.5. The molecule has 2 saturated heterocycles. The number of nitrogens with zero attached hydrogens (tertiary/aromatic N) is 2. The third kappa shape index (κ3) is 3.03. The first-order valence-corrected chi connectivity index (χ1v) is 9.81. The van der Waals surface area contributed by atoms with Crippen LogP contribution < -0.4 is 16.0 Å². The lowest BCUT2D eigenvalue weighted by Crippen LogP contribution is -2.49. The van der Waals surface area contributed by atoms with Gasteiger partial charge in [-0.2, -0.15) is 0 Å². The Hall–Kier alpha value is -1.96. The Bertz CT molecular complexity index is 752. The van der Waals surface area contributed by atoms with E-state index < -0.39 is 11.3 Å². The molecule has 0 radical (unpaired) electrons. The van der Waals surface area contributed by atoms with Crippen LogP contribution in [0.1, 0.15) is 34.3 Å². The number of hydrogen-bond acceptors (Lipinski definition) is 5. The maximum atomic E-state index is 13.6. The Morgan fingerprint density at radius 1 is 1.22 bits per heavy atom. The van der Waals surface area contributed by atoms with Crippen molar-refractivity contribution in [1.29, 1.82) is 0 Å². The summed E-state index contributed by atoms with van der Waals surface area (Å²) in [6.45, 7) is 8.28. The minimum atomic E-state index is -0.466. The summed E-state index contributed by atoms with van der Waals surface area (Å²) < 4.78 is 5.42. The van der Waals surface area contributed by atoms with Crippen molar-refractivity contribution in [1.82, 2.24) is 10.2 Å². The van der Waals surface area contributed by atoms with E-state index in [0.717, 1.165) is 75.6 Å². The number of nitrogens with two attached hydrogens (primary N) is 1. The van der Waals surface area contributed by atoms with Gasteiger partial charge in [0.05, 0.1) is 24.3 Å². The van der Waals surface area contributed by atoms with Crippen LogP contribution in [0.5, 0.6) is 0 Å². The second-order valence-electron chi connectivity index (χ2n) is 7.74. The van der Waals surface area contributed by atoms with Crippen LogP contribution >= 0.6 is 0 Å². The number of amides is 2. The van der Waals surface area contributed by atoms with E-state index in [2.05, 4.69) is 10.2 Å². The van der Waals surface area contributed by atoms with E-state index in [1.54, 1.807) is 6.07 Å². The second-order valence-corrected chi connectivity index (χ2v) is 7.74. The summed E-state index contributed by atoms with van der Waals surface area (Å²) in [5.74, 6) is -0.265. The normalized spacial score (nSPS) is 22.3. The Balaban J connectivity index is 1.70. The Morgan fingerprint density at radius 2 is 1.93 bits per heavy atom. The van der Waals surface area contributed by atoms with Gasteiger partial charge in [-0.3, -0.25) is 14.5 Å². The third-order valence-electron chi connectivity index (χ3n) is 6.34. The Kier molecular flexibility index (Phi) is 4.92. The van der Waals surface area contributed by atoms with Gasteiger partial charge in [-0.25, -0.2) is 0 Å². The summed E-state index contributed by atoms with van der Waals surface area (Å²) in [6.07, 6.45) is 1.59. The number of morpholine rings is 1. The summed E-state index contributed by atoms with van der Waals surface area (Å²) in [6, 6.07) is 3.75. The van der Waals surface area contributed by atoms with Crippen LogP contribution in [0.25, 0.3) is 0 Å². The van der Waals surface area contributed by atoms with Crippen molar-refractivity contribution in [3.63, 3.8) is 0 Å². The summed E-state index contributed by atoms with van der Waals surface area (Å²) in [4.78, 5) is 29.7. The lowest BCUT2D eigenvalue weighted by atomic mass is 9.73. The average Bonchev–Trinajstić information content (AvgIpc) is 2.91. The van der Waals surface area contributed by atoms with Crippen LogP contribution in [0.2, 0.25) is 0 Å². The number of anilines is 1. The molecule has 27 heavy (non-hydrogen) atoms.